The topological polar surface area (TPSA) is 83.0 Å². The molecule has 0 unspecified atom stereocenters. The number of guanidine groups is 1. The lowest BCUT2D eigenvalue weighted by Crippen LogP contribution is -2.39. The Kier molecular flexibility index (Phi) is 7.84. The Hall–Kier alpha value is -1.80. The van der Waals surface area contributed by atoms with Gasteiger partial charge < -0.3 is 15.0 Å². The third kappa shape index (κ3) is 7.34. The summed E-state index contributed by atoms with van der Waals surface area (Å²) in [7, 11) is 2.19. The minimum Gasteiger partial charge on any atom is -0.496 e. The summed E-state index contributed by atoms with van der Waals surface area (Å²) in [6.07, 6.45) is 1.83. The molecule has 1 rings (SSSR count). The maximum Gasteiger partial charge on any atom is 0.208 e. The van der Waals surface area contributed by atoms with Gasteiger partial charge in [0, 0.05) is 39.3 Å². The molecule has 0 aliphatic heterocycles. The lowest BCUT2D eigenvalue weighted by Gasteiger charge is -2.23. The van der Waals surface area contributed by atoms with Crippen LogP contribution in [0, 0.1) is 0 Å². The monoisotopic (exact) mass is 342 g/mol. The molecule has 23 heavy (non-hydrogen) atoms. The maximum atomic E-state index is 11.0. The molecule has 0 fully saturated rings. The molecule has 0 atom stereocenters. The summed E-state index contributed by atoms with van der Waals surface area (Å²) in [4.78, 5) is 6.23. The molecule has 0 heterocycles. The number of ether oxygens (including phenoxy) is 1. The van der Waals surface area contributed by atoms with Gasteiger partial charge in [-0.25, -0.2) is 13.1 Å². The van der Waals surface area contributed by atoms with Crippen LogP contribution in [0.5, 0.6) is 5.75 Å². The van der Waals surface area contributed by atoms with Crippen molar-refractivity contribution < 1.29 is 13.2 Å². The molecular weight excluding hydrogens is 316 g/mol. The summed E-state index contributed by atoms with van der Waals surface area (Å²) < 4.78 is 29.8. The summed E-state index contributed by atoms with van der Waals surface area (Å²) >= 11 is 0. The van der Waals surface area contributed by atoms with Gasteiger partial charge in [-0.15, -0.1) is 0 Å². The number of rotatable bonds is 8. The van der Waals surface area contributed by atoms with Gasteiger partial charge in [0.05, 0.1) is 13.4 Å². The Bertz CT molecular complexity index is 617. The van der Waals surface area contributed by atoms with Crippen molar-refractivity contribution in [2.75, 3.05) is 40.6 Å². The SMILES string of the molecule is CN=C(NCCCNS(C)(=O)=O)N(C)Cc1ccccc1OC. The maximum absolute atomic E-state index is 11.0. The van der Waals surface area contributed by atoms with Crippen LogP contribution in [-0.4, -0.2) is 59.8 Å². The Morgan fingerprint density at radius 3 is 2.61 bits per heavy atom. The number of hydrogen-bond donors (Lipinski definition) is 2. The second-order valence-electron chi connectivity index (χ2n) is 5.16. The minimum atomic E-state index is -3.13. The van der Waals surface area contributed by atoms with Crippen molar-refractivity contribution in [1.29, 1.82) is 0 Å². The molecule has 7 nitrogen and oxygen atoms in total. The highest BCUT2D eigenvalue weighted by atomic mass is 32.2. The largest absolute Gasteiger partial charge is 0.496 e. The molecule has 0 radical (unpaired) electrons. The summed E-state index contributed by atoms with van der Waals surface area (Å²) in [5.41, 5.74) is 1.07. The van der Waals surface area contributed by atoms with Crippen molar-refractivity contribution in [2.45, 2.75) is 13.0 Å². The van der Waals surface area contributed by atoms with Crippen LogP contribution in [-0.2, 0) is 16.6 Å². The van der Waals surface area contributed by atoms with E-state index in [9.17, 15) is 8.42 Å². The molecule has 0 aromatic heterocycles. The molecule has 8 heteroatoms. The second kappa shape index (κ2) is 9.36. The fraction of sp³-hybridized carbons (Fsp3) is 0.533. The zero-order chi connectivity index (χ0) is 17.3. The number of nitrogens with one attached hydrogen (secondary N) is 2. The molecule has 0 saturated carbocycles. The number of aliphatic imine (C=N–C) groups is 1. The average molecular weight is 342 g/mol. The minimum absolute atomic E-state index is 0.402. The molecule has 130 valence electrons. The van der Waals surface area contributed by atoms with Crippen LogP contribution < -0.4 is 14.8 Å². The molecule has 0 saturated heterocycles. The lowest BCUT2D eigenvalue weighted by molar-refractivity contribution is 0.396. The number of sulfonamides is 1. The molecule has 0 aliphatic carbocycles. The first-order valence-corrected chi connectivity index (χ1v) is 9.25. The van der Waals surface area contributed by atoms with E-state index in [1.807, 2.05) is 36.2 Å². The van der Waals surface area contributed by atoms with Gasteiger partial charge in [-0.05, 0) is 12.5 Å². The first-order chi connectivity index (χ1) is 10.9. The molecule has 1 aromatic rings. The first-order valence-electron chi connectivity index (χ1n) is 7.35. The van der Waals surface area contributed by atoms with Crippen molar-refractivity contribution in [3.05, 3.63) is 29.8 Å². The number of hydrogen-bond acceptors (Lipinski definition) is 4. The van der Waals surface area contributed by atoms with Gasteiger partial charge in [-0.1, -0.05) is 18.2 Å². The number of benzene rings is 1. The Morgan fingerprint density at radius 2 is 2.00 bits per heavy atom. The fourth-order valence-corrected chi connectivity index (χ4v) is 2.61. The second-order valence-corrected chi connectivity index (χ2v) is 6.99. The predicted molar refractivity (Wildman–Crippen MR) is 93.3 cm³/mol. The normalized spacial score (nSPS) is 12.1. The van der Waals surface area contributed by atoms with E-state index in [1.165, 1.54) is 0 Å². The van der Waals surface area contributed by atoms with Gasteiger partial charge in [-0.3, -0.25) is 4.99 Å². The van der Waals surface area contributed by atoms with Gasteiger partial charge >= 0.3 is 0 Å². The van der Waals surface area contributed by atoms with Crippen LogP contribution in [0.3, 0.4) is 0 Å². The van der Waals surface area contributed by atoms with E-state index in [-0.39, 0.29) is 0 Å². The van der Waals surface area contributed by atoms with Crippen LogP contribution in [0.2, 0.25) is 0 Å². The highest BCUT2D eigenvalue weighted by molar-refractivity contribution is 7.88. The van der Waals surface area contributed by atoms with Gasteiger partial charge in [0.15, 0.2) is 5.96 Å². The van der Waals surface area contributed by atoms with Crippen molar-refractivity contribution in [3.63, 3.8) is 0 Å². The van der Waals surface area contributed by atoms with Crippen LogP contribution in [0.25, 0.3) is 0 Å². The summed E-state index contributed by atoms with van der Waals surface area (Å²) in [6, 6.07) is 7.85. The number of methoxy groups -OCH3 is 1. The molecular formula is C15H26N4O3S. The standard InChI is InChI=1S/C15H26N4O3S/c1-16-15(17-10-7-11-18-23(4,20)21)19(2)12-13-8-5-6-9-14(13)22-3/h5-6,8-9,18H,7,10-12H2,1-4H3,(H,16,17). The predicted octanol–water partition coefficient (Wildman–Crippen LogP) is 0.642. The van der Waals surface area contributed by atoms with E-state index < -0.39 is 10.0 Å². The highest BCUT2D eigenvalue weighted by Gasteiger charge is 2.09. The molecule has 1 aromatic carbocycles. The number of nitrogens with zero attached hydrogens (tertiary/aromatic N) is 2. The van der Waals surface area contributed by atoms with Crippen molar-refractivity contribution in [1.82, 2.24) is 14.9 Å². The van der Waals surface area contributed by atoms with Crippen LogP contribution >= 0.6 is 0 Å². The van der Waals surface area contributed by atoms with Crippen LogP contribution in [0.4, 0.5) is 0 Å². The quantitative estimate of drug-likeness (QED) is 0.412. The summed E-state index contributed by atoms with van der Waals surface area (Å²) in [6.45, 7) is 1.69. The van der Waals surface area contributed by atoms with Crippen LogP contribution in [0.15, 0.2) is 29.3 Å². The Balaban J connectivity index is 2.48. The Morgan fingerprint density at radius 1 is 1.30 bits per heavy atom. The van der Waals surface area contributed by atoms with Gasteiger partial charge in [-0.2, -0.15) is 0 Å². The van der Waals surface area contributed by atoms with E-state index in [1.54, 1.807) is 14.2 Å². The van der Waals surface area contributed by atoms with Crippen LogP contribution in [0.1, 0.15) is 12.0 Å². The smallest absolute Gasteiger partial charge is 0.208 e. The van der Waals surface area contributed by atoms with E-state index >= 15 is 0 Å². The zero-order valence-electron chi connectivity index (χ0n) is 14.2. The molecule has 0 spiro atoms. The van der Waals surface area contributed by atoms with Gasteiger partial charge in [0.1, 0.15) is 5.75 Å². The van der Waals surface area contributed by atoms with E-state index in [2.05, 4.69) is 15.0 Å². The number of para-hydroxylation sites is 1. The first kappa shape index (κ1) is 19.2. The van der Waals surface area contributed by atoms with Crippen molar-refractivity contribution >= 4 is 16.0 Å². The zero-order valence-corrected chi connectivity index (χ0v) is 15.0. The summed E-state index contributed by atoms with van der Waals surface area (Å²) in [5, 5.41) is 3.21. The molecule has 0 bridgehead atoms. The van der Waals surface area contributed by atoms with E-state index in [0.29, 0.717) is 26.1 Å². The third-order valence-corrected chi connectivity index (χ3v) is 3.90. The average Bonchev–Trinajstić information content (AvgIpc) is 2.50. The highest BCUT2D eigenvalue weighted by Crippen LogP contribution is 2.18. The van der Waals surface area contributed by atoms with Crippen molar-refractivity contribution in [2.24, 2.45) is 4.99 Å². The van der Waals surface area contributed by atoms with E-state index in [0.717, 1.165) is 23.5 Å². The molecule has 2 N–H and O–H groups in total. The lowest BCUT2D eigenvalue weighted by atomic mass is 10.2. The Labute approximate surface area is 138 Å². The fourth-order valence-electron chi connectivity index (χ4n) is 2.09. The summed E-state index contributed by atoms with van der Waals surface area (Å²) in [5.74, 6) is 1.59. The van der Waals surface area contributed by atoms with Gasteiger partial charge in [0.2, 0.25) is 10.0 Å². The molecule has 0 amide bonds. The van der Waals surface area contributed by atoms with Crippen molar-refractivity contribution in [3.8, 4) is 5.75 Å². The molecule has 0 aliphatic rings. The van der Waals surface area contributed by atoms with Gasteiger partial charge in [0.25, 0.3) is 0 Å². The third-order valence-electron chi connectivity index (χ3n) is 3.17. The van der Waals surface area contributed by atoms with E-state index in [4.69, 9.17) is 4.74 Å².